The minimum absolute atomic E-state index is 0. The number of halogens is 1. The first-order chi connectivity index (χ1) is 17.0. The molecule has 4 rings (SSSR count). The minimum atomic E-state index is -0.137. The van der Waals surface area contributed by atoms with Crippen molar-refractivity contribution in [3.05, 3.63) is 89.5 Å². The molecule has 8 heteroatoms. The maximum Gasteiger partial charge on any atom is 0.260 e. The molecular weight excluding hydrogens is 494 g/mol. The fourth-order valence-electron chi connectivity index (χ4n) is 3.88. The highest BCUT2D eigenvalue weighted by atomic mass is 35.5. The van der Waals surface area contributed by atoms with Gasteiger partial charge in [0.1, 0.15) is 5.75 Å². The van der Waals surface area contributed by atoms with Gasteiger partial charge in [-0.1, -0.05) is 67.6 Å². The van der Waals surface area contributed by atoms with Gasteiger partial charge in [0.15, 0.2) is 10.9 Å². The monoisotopic (exact) mass is 523 g/mol. The number of likely N-dealkylation sites (N-methyl/N-ethyl adjacent to an activating group) is 1. The zero-order chi connectivity index (χ0) is 24.8. The van der Waals surface area contributed by atoms with Gasteiger partial charge in [-0.05, 0) is 43.4 Å². The minimum Gasteiger partial charge on any atom is -0.497 e. The molecule has 0 atom stereocenters. The van der Waals surface area contributed by atoms with Crippen LogP contribution in [0.2, 0.25) is 0 Å². The highest BCUT2D eigenvalue weighted by Crippen LogP contribution is 2.32. The number of carbonyl (C=O) groups is 2. The van der Waals surface area contributed by atoms with Gasteiger partial charge in [-0.25, -0.2) is 4.98 Å². The highest BCUT2D eigenvalue weighted by molar-refractivity contribution is 7.22. The number of methoxy groups -OCH3 is 1. The standard InChI is InChI=1S/C28H29N3O3S.ClH/c1-4-30(5-2)17-18-31(28-29-24-16-15-23(34-3)19-25(24)35-28)27(33)22-13-11-21(12-14-22)26(32)20-9-7-6-8-10-20;/h6-16,19H,4-5,17-18H2,1-3H3;1H. The molecule has 188 valence electrons. The summed E-state index contributed by atoms with van der Waals surface area (Å²) in [6.45, 7) is 7.30. The molecule has 1 heterocycles. The maximum absolute atomic E-state index is 13.7. The van der Waals surface area contributed by atoms with E-state index < -0.39 is 0 Å². The number of hydrogen-bond donors (Lipinski definition) is 0. The number of ether oxygens (including phenoxy) is 1. The largest absolute Gasteiger partial charge is 0.497 e. The quantitative estimate of drug-likeness (QED) is 0.240. The number of rotatable bonds is 10. The van der Waals surface area contributed by atoms with E-state index in [0.717, 1.165) is 35.6 Å². The number of nitrogens with zero attached hydrogens (tertiary/aromatic N) is 3. The van der Waals surface area contributed by atoms with E-state index in [4.69, 9.17) is 9.72 Å². The molecule has 4 aromatic rings. The molecule has 0 saturated carbocycles. The van der Waals surface area contributed by atoms with Gasteiger partial charge in [0.25, 0.3) is 5.91 Å². The van der Waals surface area contributed by atoms with Gasteiger partial charge in [-0.2, -0.15) is 0 Å². The van der Waals surface area contributed by atoms with E-state index in [1.807, 2.05) is 36.4 Å². The Labute approximate surface area is 221 Å². The van der Waals surface area contributed by atoms with Crippen molar-refractivity contribution < 1.29 is 14.3 Å². The summed E-state index contributed by atoms with van der Waals surface area (Å²) in [4.78, 5) is 35.2. The van der Waals surface area contributed by atoms with Crippen LogP contribution in [0, 0.1) is 0 Å². The van der Waals surface area contributed by atoms with Crippen molar-refractivity contribution in [2.24, 2.45) is 0 Å². The number of anilines is 1. The van der Waals surface area contributed by atoms with Gasteiger partial charge in [-0.15, -0.1) is 12.4 Å². The predicted octanol–water partition coefficient (Wildman–Crippen LogP) is 5.95. The van der Waals surface area contributed by atoms with E-state index in [1.54, 1.807) is 48.4 Å². The van der Waals surface area contributed by atoms with Gasteiger partial charge in [0, 0.05) is 29.8 Å². The maximum atomic E-state index is 13.7. The van der Waals surface area contributed by atoms with E-state index in [2.05, 4.69) is 18.7 Å². The molecular formula is C28H30ClN3O3S. The highest BCUT2D eigenvalue weighted by Gasteiger charge is 2.22. The predicted molar refractivity (Wildman–Crippen MR) is 149 cm³/mol. The Morgan fingerprint density at radius 2 is 1.50 bits per heavy atom. The third-order valence-corrected chi connectivity index (χ3v) is 7.07. The molecule has 0 radical (unpaired) electrons. The zero-order valence-corrected chi connectivity index (χ0v) is 22.3. The van der Waals surface area contributed by atoms with E-state index >= 15 is 0 Å². The Kier molecular flexibility index (Phi) is 9.58. The van der Waals surface area contributed by atoms with Crippen LogP contribution >= 0.6 is 23.7 Å². The van der Waals surface area contributed by atoms with Crippen molar-refractivity contribution in [2.45, 2.75) is 13.8 Å². The van der Waals surface area contributed by atoms with Crippen molar-refractivity contribution >= 4 is 50.8 Å². The van der Waals surface area contributed by atoms with E-state index in [9.17, 15) is 9.59 Å². The summed E-state index contributed by atoms with van der Waals surface area (Å²) < 4.78 is 6.31. The fraction of sp³-hybridized carbons (Fsp3) is 0.250. The zero-order valence-electron chi connectivity index (χ0n) is 20.6. The summed E-state index contributed by atoms with van der Waals surface area (Å²) in [5.41, 5.74) is 2.52. The second kappa shape index (κ2) is 12.6. The smallest absolute Gasteiger partial charge is 0.260 e. The summed E-state index contributed by atoms with van der Waals surface area (Å²) in [6.07, 6.45) is 0. The number of ketones is 1. The summed E-state index contributed by atoms with van der Waals surface area (Å²) in [7, 11) is 1.63. The van der Waals surface area contributed by atoms with E-state index in [-0.39, 0.29) is 24.1 Å². The molecule has 0 bridgehead atoms. The molecule has 0 N–H and O–H groups in total. The van der Waals surface area contributed by atoms with Crippen molar-refractivity contribution in [2.75, 3.05) is 38.2 Å². The van der Waals surface area contributed by atoms with Crippen LogP contribution in [0.4, 0.5) is 5.13 Å². The normalized spacial score (nSPS) is 10.8. The molecule has 0 aliphatic rings. The van der Waals surface area contributed by atoms with Crippen LogP contribution in [0.15, 0.2) is 72.8 Å². The van der Waals surface area contributed by atoms with Crippen molar-refractivity contribution in [3.8, 4) is 5.75 Å². The van der Waals surface area contributed by atoms with Crippen LogP contribution in [-0.2, 0) is 0 Å². The molecule has 0 saturated heterocycles. The molecule has 36 heavy (non-hydrogen) atoms. The lowest BCUT2D eigenvalue weighted by molar-refractivity contribution is 0.0981. The van der Waals surface area contributed by atoms with Gasteiger partial charge in [0.2, 0.25) is 0 Å². The number of fused-ring (bicyclic) bond motifs is 1. The lowest BCUT2D eigenvalue weighted by Gasteiger charge is -2.24. The number of amides is 1. The molecule has 1 aromatic heterocycles. The third-order valence-electron chi connectivity index (χ3n) is 6.02. The second-order valence-corrected chi connectivity index (χ2v) is 9.10. The van der Waals surface area contributed by atoms with Crippen LogP contribution in [0.25, 0.3) is 10.2 Å². The Bertz CT molecular complexity index is 1300. The number of benzene rings is 3. The Balaban J connectivity index is 0.00000361. The lowest BCUT2D eigenvalue weighted by Crippen LogP contribution is -2.38. The van der Waals surface area contributed by atoms with Crippen LogP contribution in [0.5, 0.6) is 5.75 Å². The first-order valence-corrected chi connectivity index (χ1v) is 12.5. The summed E-state index contributed by atoms with van der Waals surface area (Å²) in [5.74, 6) is 0.553. The average Bonchev–Trinajstić information content (AvgIpc) is 3.34. The van der Waals surface area contributed by atoms with Crippen LogP contribution in [0.1, 0.15) is 40.1 Å². The van der Waals surface area contributed by atoms with Gasteiger partial charge >= 0.3 is 0 Å². The number of aromatic nitrogens is 1. The first kappa shape index (κ1) is 27.3. The SMILES string of the molecule is CCN(CC)CCN(C(=O)c1ccc(C(=O)c2ccccc2)cc1)c1nc2ccc(OC)cc2s1.Cl. The summed E-state index contributed by atoms with van der Waals surface area (Å²) >= 11 is 1.47. The Morgan fingerprint density at radius 3 is 2.14 bits per heavy atom. The third kappa shape index (κ3) is 6.10. The lowest BCUT2D eigenvalue weighted by atomic mass is 10.0. The molecule has 0 aliphatic heterocycles. The topological polar surface area (TPSA) is 62.7 Å². The van der Waals surface area contributed by atoms with Crippen LogP contribution in [0.3, 0.4) is 0 Å². The molecule has 0 fully saturated rings. The Hall–Kier alpha value is -3.26. The second-order valence-electron chi connectivity index (χ2n) is 8.09. The molecule has 3 aromatic carbocycles. The van der Waals surface area contributed by atoms with Crippen molar-refractivity contribution in [1.29, 1.82) is 0 Å². The Morgan fingerprint density at radius 1 is 0.861 bits per heavy atom. The van der Waals surface area contributed by atoms with Crippen molar-refractivity contribution in [1.82, 2.24) is 9.88 Å². The first-order valence-electron chi connectivity index (χ1n) is 11.7. The summed E-state index contributed by atoms with van der Waals surface area (Å²) in [6, 6.07) is 21.7. The van der Waals surface area contributed by atoms with Gasteiger partial charge < -0.3 is 9.64 Å². The molecule has 1 amide bonds. The van der Waals surface area contributed by atoms with E-state index in [1.165, 1.54) is 11.3 Å². The van der Waals surface area contributed by atoms with E-state index in [0.29, 0.717) is 28.4 Å². The summed E-state index contributed by atoms with van der Waals surface area (Å²) in [5, 5.41) is 0.648. The van der Waals surface area contributed by atoms with Gasteiger partial charge in [-0.3, -0.25) is 14.5 Å². The van der Waals surface area contributed by atoms with Crippen molar-refractivity contribution in [3.63, 3.8) is 0 Å². The molecule has 0 unspecified atom stereocenters. The molecule has 0 spiro atoms. The van der Waals surface area contributed by atoms with Crippen LogP contribution in [-0.4, -0.2) is 54.9 Å². The van der Waals surface area contributed by atoms with Gasteiger partial charge in [0.05, 0.1) is 17.3 Å². The molecule has 0 aliphatic carbocycles. The number of thiazole rings is 1. The number of carbonyl (C=O) groups excluding carboxylic acids is 2. The fourth-order valence-corrected chi connectivity index (χ4v) is 4.90. The molecule has 6 nitrogen and oxygen atoms in total. The average molecular weight is 524 g/mol. The number of hydrogen-bond acceptors (Lipinski definition) is 6. The van der Waals surface area contributed by atoms with Crippen LogP contribution < -0.4 is 9.64 Å².